The zero-order valence-corrected chi connectivity index (χ0v) is 29.6. The summed E-state index contributed by atoms with van der Waals surface area (Å²) in [5, 5.41) is 7.36. The fraction of sp³-hybridized carbons (Fsp3) is 0.0612. The van der Waals surface area contributed by atoms with Crippen LogP contribution in [0.15, 0.2) is 158 Å². The molecular weight excluding hydrogens is 649 g/mol. The number of fused-ring (bicyclic) bond motifs is 12. The Morgan fingerprint density at radius 3 is 1.79 bits per heavy atom. The summed E-state index contributed by atoms with van der Waals surface area (Å²) < 4.78 is 2.68. The van der Waals surface area contributed by atoms with Crippen molar-refractivity contribution < 1.29 is 0 Å². The van der Waals surface area contributed by atoms with E-state index in [1.807, 2.05) is 17.5 Å². The molecule has 0 N–H and O–H groups in total. The molecule has 10 aromatic rings. The average molecular weight is 681 g/mol. The van der Waals surface area contributed by atoms with Crippen LogP contribution in [0.2, 0.25) is 0 Å². The van der Waals surface area contributed by atoms with Crippen LogP contribution in [-0.4, -0.2) is 9.97 Å². The van der Waals surface area contributed by atoms with Gasteiger partial charge in [-0.25, -0.2) is 4.98 Å². The van der Waals surface area contributed by atoms with E-state index in [1.165, 1.54) is 75.5 Å². The van der Waals surface area contributed by atoms with Crippen LogP contribution in [0.3, 0.4) is 0 Å². The summed E-state index contributed by atoms with van der Waals surface area (Å²) in [7, 11) is 0. The van der Waals surface area contributed by atoms with Crippen molar-refractivity contribution in [2.45, 2.75) is 19.3 Å². The fourth-order valence-electron chi connectivity index (χ4n) is 8.68. The van der Waals surface area contributed by atoms with Gasteiger partial charge < -0.3 is 0 Å². The second-order valence-electron chi connectivity index (χ2n) is 14.6. The van der Waals surface area contributed by atoms with E-state index in [1.54, 1.807) is 0 Å². The molecule has 2 aromatic heterocycles. The lowest BCUT2D eigenvalue weighted by molar-refractivity contribution is 0.661. The number of aromatic nitrogens is 2. The monoisotopic (exact) mass is 680 g/mol. The lowest BCUT2D eigenvalue weighted by Gasteiger charge is -2.22. The zero-order chi connectivity index (χ0) is 34.6. The van der Waals surface area contributed by atoms with E-state index >= 15 is 0 Å². The molecule has 2 nitrogen and oxygen atoms in total. The summed E-state index contributed by atoms with van der Waals surface area (Å²) in [5.74, 6) is 0. The van der Waals surface area contributed by atoms with Crippen molar-refractivity contribution in [3.63, 3.8) is 0 Å². The van der Waals surface area contributed by atoms with E-state index in [0.29, 0.717) is 0 Å². The number of thiophene rings is 1. The molecule has 0 radical (unpaired) electrons. The highest BCUT2D eigenvalue weighted by Crippen LogP contribution is 2.51. The van der Waals surface area contributed by atoms with Gasteiger partial charge in [0, 0.05) is 41.9 Å². The average Bonchev–Trinajstić information content (AvgIpc) is 3.69. The standard InChI is InChI=1S/C49H32N2S/c1-49(2)42-26-30(29-11-9-12-31(25-29)33-18-10-19-41-38-15-7-8-20-45(38)52-48(33)41)21-23-36(42)37-24-22-32(27-43(37)49)44-28-50-46-39-16-5-3-13-34(39)35-14-4-6-17-40(35)47(46)51-44/h3-28H,1-2H3. The minimum absolute atomic E-state index is 0.176. The van der Waals surface area contributed by atoms with E-state index in [0.717, 1.165) is 33.1 Å². The first kappa shape index (κ1) is 29.6. The first-order chi connectivity index (χ1) is 25.5. The highest BCUT2D eigenvalue weighted by molar-refractivity contribution is 7.26. The molecule has 1 aliphatic rings. The highest BCUT2D eigenvalue weighted by atomic mass is 32.1. The van der Waals surface area contributed by atoms with Crippen LogP contribution >= 0.6 is 11.3 Å². The molecule has 11 rings (SSSR count). The van der Waals surface area contributed by atoms with Gasteiger partial charge in [0.05, 0.1) is 22.9 Å². The largest absolute Gasteiger partial charge is 0.252 e. The van der Waals surface area contributed by atoms with Gasteiger partial charge in [0.15, 0.2) is 0 Å². The van der Waals surface area contributed by atoms with E-state index < -0.39 is 0 Å². The van der Waals surface area contributed by atoms with Crippen molar-refractivity contribution in [1.82, 2.24) is 9.97 Å². The maximum absolute atomic E-state index is 5.30. The van der Waals surface area contributed by atoms with Crippen LogP contribution in [0, 0.1) is 0 Å². The lowest BCUT2D eigenvalue weighted by Crippen LogP contribution is -2.15. The van der Waals surface area contributed by atoms with Crippen LogP contribution in [0.5, 0.6) is 0 Å². The molecule has 0 aliphatic heterocycles. The van der Waals surface area contributed by atoms with Crippen LogP contribution in [0.4, 0.5) is 0 Å². The molecular formula is C49H32N2S. The smallest absolute Gasteiger partial charge is 0.0979 e. The molecule has 0 bridgehead atoms. The van der Waals surface area contributed by atoms with Gasteiger partial charge in [-0.15, -0.1) is 11.3 Å². The molecule has 0 spiro atoms. The van der Waals surface area contributed by atoms with Crippen molar-refractivity contribution in [2.24, 2.45) is 0 Å². The Bertz CT molecular complexity index is 3080. The van der Waals surface area contributed by atoms with Gasteiger partial charge in [-0.2, -0.15) is 0 Å². The molecule has 0 amide bonds. The Morgan fingerprint density at radius 2 is 1.02 bits per heavy atom. The first-order valence-electron chi connectivity index (χ1n) is 17.9. The SMILES string of the molecule is CC1(C)c2cc(-c3cccc(-c4cccc5c4sc4ccccc45)c3)ccc2-c2ccc(-c3cnc4c5ccccc5c5ccccc5c4n3)cc21. The van der Waals surface area contributed by atoms with Gasteiger partial charge in [0.2, 0.25) is 0 Å². The summed E-state index contributed by atoms with van der Waals surface area (Å²) >= 11 is 1.89. The number of hydrogen-bond donors (Lipinski definition) is 0. The number of benzene rings is 8. The Labute approximate surface area is 305 Å². The van der Waals surface area contributed by atoms with Gasteiger partial charge in [-0.1, -0.05) is 141 Å². The van der Waals surface area contributed by atoms with Crippen molar-refractivity contribution in [3.8, 4) is 44.6 Å². The van der Waals surface area contributed by atoms with Gasteiger partial charge in [0.25, 0.3) is 0 Å². The minimum Gasteiger partial charge on any atom is -0.252 e. The summed E-state index contributed by atoms with van der Waals surface area (Å²) in [4.78, 5) is 10.3. The third-order valence-corrected chi connectivity index (χ3v) is 12.5. The fourth-order valence-corrected chi connectivity index (χ4v) is 9.92. The van der Waals surface area contributed by atoms with Crippen LogP contribution in [0.25, 0.3) is 97.4 Å². The molecule has 244 valence electrons. The van der Waals surface area contributed by atoms with Gasteiger partial charge in [-0.3, -0.25) is 4.98 Å². The van der Waals surface area contributed by atoms with Crippen LogP contribution in [-0.2, 0) is 5.41 Å². The van der Waals surface area contributed by atoms with E-state index in [2.05, 4.69) is 166 Å². The molecule has 0 saturated carbocycles. The molecule has 1 aliphatic carbocycles. The Kier molecular flexibility index (Phi) is 6.21. The van der Waals surface area contributed by atoms with Crippen molar-refractivity contribution in [1.29, 1.82) is 0 Å². The third kappa shape index (κ3) is 4.23. The maximum atomic E-state index is 5.30. The Balaban J connectivity index is 0.988. The predicted molar refractivity (Wildman–Crippen MR) is 221 cm³/mol. The molecule has 0 fully saturated rings. The summed E-state index contributed by atoms with van der Waals surface area (Å²) in [6.07, 6.45) is 1.95. The number of rotatable bonds is 3. The summed E-state index contributed by atoms with van der Waals surface area (Å²) in [5.41, 5.74) is 14.0. The quantitative estimate of drug-likeness (QED) is 0.174. The molecule has 0 atom stereocenters. The van der Waals surface area contributed by atoms with Crippen LogP contribution in [0.1, 0.15) is 25.0 Å². The van der Waals surface area contributed by atoms with Gasteiger partial charge in [-0.05, 0) is 79.5 Å². The molecule has 0 saturated heterocycles. The second kappa shape index (κ2) is 10.9. The summed E-state index contributed by atoms with van der Waals surface area (Å²) in [6.45, 7) is 4.71. The molecule has 8 aromatic carbocycles. The molecule has 0 unspecified atom stereocenters. The maximum Gasteiger partial charge on any atom is 0.0979 e. The normalized spacial score (nSPS) is 13.3. The Morgan fingerprint density at radius 1 is 0.442 bits per heavy atom. The van der Waals surface area contributed by atoms with E-state index in [9.17, 15) is 0 Å². The van der Waals surface area contributed by atoms with Crippen LogP contribution < -0.4 is 0 Å². The second-order valence-corrected chi connectivity index (χ2v) is 15.6. The van der Waals surface area contributed by atoms with E-state index in [4.69, 9.17) is 9.97 Å². The molecule has 52 heavy (non-hydrogen) atoms. The topological polar surface area (TPSA) is 25.8 Å². The van der Waals surface area contributed by atoms with Crippen molar-refractivity contribution >= 4 is 64.1 Å². The molecule has 3 heteroatoms. The number of hydrogen-bond acceptors (Lipinski definition) is 3. The Hall–Kier alpha value is -6.16. The third-order valence-electron chi connectivity index (χ3n) is 11.3. The predicted octanol–water partition coefficient (Wildman–Crippen LogP) is 13.6. The van der Waals surface area contributed by atoms with Crippen molar-refractivity contribution in [3.05, 3.63) is 169 Å². The van der Waals surface area contributed by atoms with Crippen molar-refractivity contribution in [2.75, 3.05) is 0 Å². The highest BCUT2D eigenvalue weighted by Gasteiger charge is 2.36. The summed E-state index contributed by atoms with van der Waals surface area (Å²) in [6, 6.07) is 55.5. The van der Waals surface area contributed by atoms with Gasteiger partial charge >= 0.3 is 0 Å². The number of nitrogens with zero attached hydrogens (tertiary/aromatic N) is 2. The van der Waals surface area contributed by atoms with E-state index in [-0.39, 0.29) is 5.41 Å². The first-order valence-corrected chi connectivity index (χ1v) is 18.7. The molecule has 2 heterocycles. The van der Waals surface area contributed by atoms with Gasteiger partial charge in [0.1, 0.15) is 0 Å². The minimum atomic E-state index is -0.176. The lowest BCUT2D eigenvalue weighted by atomic mass is 9.81. The zero-order valence-electron chi connectivity index (χ0n) is 28.8.